The molecule has 3 N–H and O–H groups in total. The van der Waals surface area contributed by atoms with Crippen LogP contribution in [0.25, 0.3) is 0 Å². The van der Waals surface area contributed by atoms with Crippen molar-refractivity contribution >= 4 is 28.9 Å². The van der Waals surface area contributed by atoms with Gasteiger partial charge >= 0.3 is 0 Å². The van der Waals surface area contributed by atoms with Gasteiger partial charge in [0, 0.05) is 5.02 Å². The molecule has 2 rings (SSSR count). The summed E-state index contributed by atoms with van der Waals surface area (Å²) in [6.07, 6.45) is 0. The summed E-state index contributed by atoms with van der Waals surface area (Å²) in [6.45, 7) is 0. The number of nitrogens with two attached hydrogens (primary N) is 1. The molecule has 0 aliphatic rings. The summed E-state index contributed by atoms with van der Waals surface area (Å²) in [7, 11) is 1.50. The third kappa shape index (κ3) is 2.98. The van der Waals surface area contributed by atoms with Crippen LogP contribution < -0.4 is 15.8 Å². The van der Waals surface area contributed by atoms with Crippen molar-refractivity contribution in [3.8, 4) is 5.75 Å². The summed E-state index contributed by atoms with van der Waals surface area (Å²) in [4.78, 5) is 12.2. The van der Waals surface area contributed by atoms with Crippen LogP contribution in [-0.2, 0) is 0 Å². The minimum atomic E-state index is -0.322. The topological polar surface area (TPSA) is 64.3 Å². The number of rotatable bonds is 3. The van der Waals surface area contributed by atoms with Crippen LogP contribution in [0.15, 0.2) is 42.5 Å². The molecule has 0 saturated heterocycles. The van der Waals surface area contributed by atoms with Crippen LogP contribution in [-0.4, -0.2) is 13.0 Å². The van der Waals surface area contributed by atoms with Gasteiger partial charge in [-0.2, -0.15) is 0 Å². The van der Waals surface area contributed by atoms with Gasteiger partial charge in [0.2, 0.25) is 0 Å². The number of methoxy groups -OCH3 is 1. The fourth-order valence-corrected chi connectivity index (χ4v) is 1.83. The Morgan fingerprint density at radius 1 is 1.26 bits per heavy atom. The number of amides is 1. The van der Waals surface area contributed by atoms with Crippen molar-refractivity contribution in [3.63, 3.8) is 0 Å². The van der Waals surface area contributed by atoms with Crippen LogP contribution in [0.4, 0.5) is 11.4 Å². The van der Waals surface area contributed by atoms with Gasteiger partial charge in [0.1, 0.15) is 5.75 Å². The first kappa shape index (κ1) is 13.2. The highest BCUT2D eigenvalue weighted by atomic mass is 35.5. The van der Waals surface area contributed by atoms with Gasteiger partial charge in [-0.3, -0.25) is 4.79 Å². The molecule has 0 spiro atoms. The molecule has 98 valence electrons. The zero-order valence-electron chi connectivity index (χ0n) is 10.3. The average molecular weight is 277 g/mol. The molecule has 0 radical (unpaired) electrons. The molecule has 0 aromatic heterocycles. The van der Waals surface area contributed by atoms with Crippen LogP contribution in [0.2, 0.25) is 5.02 Å². The second kappa shape index (κ2) is 5.63. The number of hydrogen-bond donors (Lipinski definition) is 2. The lowest BCUT2D eigenvalue weighted by atomic mass is 10.1. The number of nitrogen functional groups attached to an aromatic ring is 1. The third-order valence-electron chi connectivity index (χ3n) is 2.62. The number of carbonyl (C=O) groups excluding carboxylic acids is 1. The van der Waals surface area contributed by atoms with Crippen molar-refractivity contribution in [1.82, 2.24) is 0 Å². The van der Waals surface area contributed by atoms with Gasteiger partial charge in [-0.05, 0) is 30.3 Å². The van der Waals surface area contributed by atoms with Crippen LogP contribution in [0.1, 0.15) is 10.4 Å². The Morgan fingerprint density at radius 2 is 2.00 bits per heavy atom. The van der Waals surface area contributed by atoms with Crippen LogP contribution in [0, 0.1) is 0 Å². The van der Waals surface area contributed by atoms with Crippen molar-refractivity contribution < 1.29 is 9.53 Å². The Labute approximate surface area is 116 Å². The summed E-state index contributed by atoms with van der Waals surface area (Å²) in [6, 6.07) is 11.9. The zero-order valence-corrected chi connectivity index (χ0v) is 11.1. The van der Waals surface area contributed by atoms with Gasteiger partial charge < -0.3 is 15.8 Å². The SMILES string of the molecule is COc1ccc(Cl)cc1C(=O)Nc1ccccc1N. The highest BCUT2D eigenvalue weighted by Crippen LogP contribution is 2.25. The fraction of sp³-hybridized carbons (Fsp3) is 0.0714. The molecule has 0 bridgehead atoms. The van der Waals surface area contributed by atoms with E-state index in [1.807, 2.05) is 0 Å². The molecule has 0 aliphatic carbocycles. The number of carbonyl (C=O) groups is 1. The van der Waals surface area contributed by atoms with Gasteiger partial charge in [-0.15, -0.1) is 0 Å². The van der Waals surface area contributed by atoms with E-state index >= 15 is 0 Å². The molecular weight excluding hydrogens is 264 g/mol. The Balaban J connectivity index is 2.30. The van der Waals surface area contributed by atoms with E-state index in [0.29, 0.717) is 27.7 Å². The summed E-state index contributed by atoms with van der Waals surface area (Å²) in [5.74, 6) is 0.133. The first-order chi connectivity index (χ1) is 9.11. The maximum Gasteiger partial charge on any atom is 0.259 e. The van der Waals surface area contributed by atoms with E-state index in [1.165, 1.54) is 7.11 Å². The normalized spacial score (nSPS) is 10.0. The molecule has 19 heavy (non-hydrogen) atoms. The molecule has 2 aromatic rings. The average Bonchev–Trinajstić information content (AvgIpc) is 2.41. The lowest BCUT2D eigenvalue weighted by Gasteiger charge is -2.11. The second-order valence-corrected chi connectivity index (χ2v) is 4.32. The molecule has 2 aromatic carbocycles. The summed E-state index contributed by atoms with van der Waals surface area (Å²) >= 11 is 5.89. The smallest absolute Gasteiger partial charge is 0.259 e. The van der Waals surface area contributed by atoms with E-state index in [1.54, 1.807) is 42.5 Å². The third-order valence-corrected chi connectivity index (χ3v) is 2.85. The number of anilines is 2. The van der Waals surface area contributed by atoms with Gasteiger partial charge in [0.25, 0.3) is 5.91 Å². The van der Waals surface area contributed by atoms with Gasteiger partial charge in [0.15, 0.2) is 0 Å². The first-order valence-electron chi connectivity index (χ1n) is 5.61. The number of hydrogen-bond acceptors (Lipinski definition) is 3. The van der Waals surface area contributed by atoms with Gasteiger partial charge in [-0.1, -0.05) is 23.7 Å². The lowest BCUT2D eigenvalue weighted by Crippen LogP contribution is -2.14. The molecule has 5 heteroatoms. The molecule has 0 unspecified atom stereocenters. The molecule has 0 aliphatic heterocycles. The highest BCUT2D eigenvalue weighted by molar-refractivity contribution is 6.31. The van der Waals surface area contributed by atoms with Crippen molar-refractivity contribution in [2.45, 2.75) is 0 Å². The Kier molecular flexibility index (Phi) is 3.92. The number of halogens is 1. The molecular formula is C14H13ClN2O2. The van der Waals surface area contributed by atoms with Crippen LogP contribution in [0.5, 0.6) is 5.75 Å². The number of ether oxygens (including phenoxy) is 1. The van der Waals surface area contributed by atoms with Crippen molar-refractivity contribution in [1.29, 1.82) is 0 Å². The van der Waals surface area contributed by atoms with E-state index in [4.69, 9.17) is 22.1 Å². The monoisotopic (exact) mass is 276 g/mol. The van der Waals surface area contributed by atoms with Crippen LogP contribution >= 0.6 is 11.6 Å². The highest BCUT2D eigenvalue weighted by Gasteiger charge is 2.13. The maximum absolute atomic E-state index is 12.2. The molecule has 0 fully saturated rings. The number of para-hydroxylation sites is 2. The minimum Gasteiger partial charge on any atom is -0.496 e. The molecule has 1 amide bonds. The van der Waals surface area contributed by atoms with Gasteiger partial charge in [-0.25, -0.2) is 0 Å². The standard InChI is InChI=1S/C14H13ClN2O2/c1-19-13-7-6-9(15)8-10(13)14(18)17-12-5-3-2-4-11(12)16/h2-8H,16H2,1H3,(H,17,18). The van der Waals surface area contributed by atoms with E-state index < -0.39 is 0 Å². The van der Waals surface area contributed by atoms with E-state index in [-0.39, 0.29) is 5.91 Å². The number of benzene rings is 2. The first-order valence-corrected chi connectivity index (χ1v) is 5.99. The quantitative estimate of drug-likeness (QED) is 0.846. The van der Waals surface area contributed by atoms with Crippen molar-refractivity contribution in [2.24, 2.45) is 0 Å². The Morgan fingerprint density at radius 3 is 2.68 bits per heavy atom. The van der Waals surface area contributed by atoms with E-state index in [2.05, 4.69) is 5.32 Å². The van der Waals surface area contributed by atoms with Crippen molar-refractivity contribution in [3.05, 3.63) is 53.1 Å². The van der Waals surface area contributed by atoms with Gasteiger partial charge in [0.05, 0.1) is 24.0 Å². The Bertz CT molecular complexity index is 614. The van der Waals surface area contributed by atoms with E-state index in [9.17, 15) is 4.79 Å². The summed E-state index contributed by atoms with van der Waals surface area (Å²) in [5.41, 5.74) is 7.18. The largest absolute Gasteiger partial charge is 0.496 e. The summed E-state index contributed by atoms with van der Waals surface area (Å²) in [5, 5.41) is 3.19. The number of nitrogens with one attached hydrogen (secondary N) is 1. The van der Waals surface area contributed by atoms with Crippen molar-refractivity contribution in [2.75, 3.05) is 18.2 Å². The second-order valence-electron chi connectivity index (χ2n) is 3.89. The predicted molar refractivity (Wildman–Crippen MR) is 76.8 cm³/mol. The summed E-state index contributed by atoms with van der Waals surface area (Å²) < 4.78 is 5.14. The lowest BCUT2D eigenvalue weighted by molar-refractivity contribution is 0.102. The zero-order chi connectivity index (χ0) is 13.8. The van der Waals surface area contributed by atoms with E-state index in [0.717, 1.165) is 0 Å². The fourth-order valence-electron chi connectivity index (χ4n) is 1.66. The predicted octanol–water partition coefficient (Wildman–Crippen LogP) is 3.18. The maximum atomic E-state index is 12.2. The molecule has 0 heterocycles. The molecule has 0 saturated carbocycles. The van der Waals surface area contributed by atoms with Crippen LogP contribution in [0.3, 0.4) is 0 Å². The molecule has 4 nitrogen and oxygen atoms in total. The molecule has 0 atom stereocenters. The Hall–Kier alpha value is -2.20. The minimum absolute atomic E-state index is 0.322.